The average molecular weight is 214 g/mol. The van der Waals surface area contributed by atoms with Crippen molar-refractivity contribution in [2.75, 3.05) is 6.61 Å². The van der Waals surface area contributed by atoms with Gasteiger partial charge in [0, 0.05) is 6.61 Å². The lowest BCUT2D eigenvalue weighted by molar-refractivity contribution is 0.0473. The van der Waals surface area contributed by atoms with Crippen molar-refractivity contribution in [2.24, 2.45) is 0 Å². The van der Waals surface area contributed by atoms with Gasteiger partial charge in [-0.2, -0.15) is 0 Å². The highest BCUT2D eigenvalue weighted by atomic mass is 16.5. The van der Waals surface area contributed by atoms with E-state index in [9.17, 15) is 0 Å². The monoisotopic (exact) mass is 214 g/mol. The van der Waals surface area contributed by atoms with Gasteiger partial charge >= 0.3 is 0 Å². The fourth-order valence-corrected chi connectivity index (χ4v) is 1.95. The first kappa shape index (κ1) is 15.0. The zero-order valence-electron chi connectivity index (χ0n) is 11.1. The molecule has 0 aromatic heterocycles. The van der Waals surface area contributed by atoms with E-state index in [0.29, 0.717) is 6.10 Å². The summed E-state index contributed by atoms with van der Waals surface area (Å²) in [5.41, 5.74) is 0. The summed E-state index contributed by atoms with van der Waals surface area (Å²) in [4.78, 5) is 0. The summed E-state index contributed by atoms with van der Waals surface area (Å²) in [7, 11) is 0. The fourth-order valence-electron chi connectivity index (χ4n) is 1.95. The van der Waals surface area contributed by atoms with Crippen LogP contribution in [0.2, 0.25) is 0 Å². The maximum absolute atomic E-state index is 5.75. The highest BCUT2D eigenvalue weighted by molar-refractivity contribution is 4.58. The Morgan fingerprint density at radius 3 is 1.93 bits per heavy atom. The first-order valence-electron chi connectivity index (χ1n) is 6.96. The third-order valence-corrected chi connectivity index (χ3v) is 2.91. The van der Waals surface area contributed by atoms with Gasteiger partial charge < -0.3 is 4.74 Å². The van der Waals surface area contributed by atoms with Gasteiger partial charge in [0.1, 0.15) is 0 Å². The minimum absolute atomic E-state index is 0.538. The molecule has 0 bridgehead atoms. The summed E-state index contributed by atoms with van der Waals surface area (Å²) in [5.74, 6) is 0. The van der Waals surface area contributed by atoms with Crippen LogP contribution < -0.4 is 0 Å². The maximum atomic E-state index is 5.75. The second-order valence-corrected chi connectivity index (χ2v) is 4.42. The lowest BCUT2D eigenvalue weighted by Gasteiger charge is -2.16. The van der Waals surface area contributed by atoms with E-state index in [0.717, 1.165) is 6.61 Å². The summed E-state index contributed by atoms with van der Waals surface area (Å²) in [5, 5.41) is 0. The number of rotatable bonds is 11. The van der Waals surface area contributed by atoms with Crippen LogP contribution in [0.15, 0.2) is 0 Å². The molecule has 0 aliphatic carbocycles. The molecule has 0 saturated carbocycles. The maximum Gasteiger partial charge on any atom is 0.0575 e. The molecular formula is C14H30O. The molecule has 1 heteroatoms. The van der Waals surface area contributed by atoms with Gasteiger partial charge in [0.15, 0.2) is 0 Å². The van der Waals surface area contributed by atoms with Crippen LogP contribution in [-0.4, -0.2) is 12.7 Å². The van der Waals surface area contributed by atoms with E-state index in [-0.39, 0.29) is 0 Å². The van der Waals surface area contributed by atoms with Gasteiger partial charge in [-0.25, -0.2) is 0 Å². The van der Waals surface area contributed by atoms with Crippen molar-refractivity contribution in [1.29, 1.82) is 0 Å². The highest BCUT2D eigenvalue weighted by Gasteiger charge is 2.06. The van der Waals surface area contributed by atoms with Crippen molar-refractivity contribution in [3.05, 3.63) is 0 Å². The molecule has 1 atom stereocenters. The van der Waals surface area contributed by atoms with Crippen molar-refractivity contribution in [1.82, 2.24) is 0 Å². The van der Waals surface area contributed by atoms with Gasteiger partial charge in [-0.1, -0.05) is 58.8 Å². The van der Waals surface area contributed by atoms with Crippen LogP contribution in [0.1, 0.15) is 78.6 Å². The number of unbranched alkanes of at least 4 members (excludes halogenated alkanes) is 5. The minimum Gasteiger partial charge on any atom is -0.379 e. The lowest BCUT2D eigenvalue weighted by atomic mass is 10.0. The Labute approximate surface area is 96.6 Å². The zero-order valence-corrected chi connectivity index (χ0v) is 11.1. The van der Waals surface area contributed by atoms with E-state index in [2.05, 4.69) is 20.8 Å². The molecule has 0 aromatic carbocycles. The van der Waals surface area contributed by atoms with Crippen molar-refractivity contribution < 1.29 is 4.74 Å². The Morgan fingerprint density at radius 2 is 1.33 bits per heavy atom. The van der Waals surface area contributed by atoms with E-state index in [1.54, 1.807) is 0 Å². The molecule has 1 nitrogen and oxygen atoms in total. The van der Waals surface area contributed by atoms with Crippen LogP contribution >= 0.6 is 0 Å². The van der Waals surface area contributed by atoms with Crippen LogP contribution in [-0.2, 0) is 4.74 Å². The average Bonchev–Trinajstić information content (AvgIpc) is 2.25. The van der Waals surface area contributed by atoms with Crippen molar-refractivity contribution >= 4 is 0 Å². The third kappa shape index (κ3) is 10.2. The van der Waals surface area contributed by atoms with E-state index in [1.807, 2.05) is 0 Å². The molecule has 0 radical (unpaired) electrons. The Bertz CT molecular complexity index is 112. The zero-order chi connectivity index (χ0) is 11.4. The molecule has 0 heterocycles. The standard InChI is InChI=1S/C14H30O/c1-4-7-9-10-11-13-14(15-6-3)12-8-5-2/h14H,4-13H2,1-3H3. The Hall–Kier alpha value is -0.0400. The topological polar surface area (TPSA) is 9.23 Å². The molecule has 0 fully saturated rings. The summed E-state index contributed by atoms with van der Waals surface area (Å²) in [6.45, 7) is 7.51. The molecule has 0 rings (SSSR count). The molecule has 0 aliphatic heterocycles. The van der Waals surface area contributed by atoms with Gasteiger partial charge in [-0.15, -0.1) is 0 Å². The predicted molar refractivity (Wildman–Crippen MR) is 68.3 cm³/mol. The largest absolute Gasteiger partial charge is 0.379 e. The SMILES string of the molecule is CCCCCCCC(CCCC)OCC. The minimum atomic E-state index is 0.538. The van der Waals surface area contributed by atoms with E-state index >= 15 is 0 Å². The second-order valence-electron chi connectivity index (χ2n) is 4.42. The summed E-state index contributed by atoms with van der Waals surface area (Å²) in [6, 6.07) is 0. The van der Waals surface area contributed by atoms with Gasteiger partial charge in [0.05, 0.1) is 6.10 Å². The quantitative estimate of drug-likeness (QED) is 0.442. The van der Waals surface area contributed by atoms with Gasteiger partial charge in [0.25, 0.3) is 0 Å². The molecular weight excluding hydrogens is 184 g/mol. The van der Waals surface area contributed by atoms with Crippen LogP contribution in [0, 0.1) is 0 Å². The fraction of sp³-hybridized carbons (Fsp3) is 1.00. The van der Waals surface area contributed by atoms with E-state index in [4.69, 9.17) is 4.74 Å². The van der Waals surface area contributed by atoms with Gasteiger partial charge in [0.2, 0.25) is 0 Å². The summed E-state index contributed by atoms with van der Waals surface area (Å²) in [6.07, 6.45) is 12.6. The number of hydrogen-bond donors (Lipinski definition) is 0. The molecule has 92 valence electrons. The Morgan fingerprint density at radius 1 is 0.733 bits per heavy atom. The first-order valence-corrected chi connectivity index (χ1v) is 6.96. The number of ether oxygens (including phenoxy) is 1. The summed E-state index contributed by atoms with van der Waals surface area (Å²) >= 11 is 0. The first-order chi connectivity index (χ1) is 7.35. The molecule has 0 spiro atoms. The van der Waals surface area contributed by atoms with E-state index in [1.165, 1.54) is 57.8 Å². The van der Waals surface area contributed by atoms with Crippen molar-refractivity contribution in [3.8, 4) is 0 Å². The second kappa shape index (κ2) is 12.0. The molecule has 15 heavy (non-hydrogen) atoms. The van der Waals surface area contributed by atoms with E-state index < -0.39 is 0 Å². The van der Waals surface area contributed by atoms with Crippen molar-refractivity contribution in [2.45, 2.75) is 84.7 Å². The molecule has 1 unspecified atom stereocenters. The van der Waals surface area contributed by atoms with Crippen LogP contribution in [0.25, 0.3) is 0 Å². The molecule has 0 N–H and O–H groups in total. The number of hydrogen-bond acceptors (Lipinski definition) is 1. The molecule has 0 aliphatic rings. The highest BCUT2D eigenvalue weighted by Crippen LogP contribution is 2.14. The van der Waals surface area contributed by atoms with Crippen molar-refractivity contribution in [3.63, 3.8) is 0 Å². The molecule has 0 aromatic rings. The normalized spacial score (nSPS) is 13.0. The Balaban J connectivity index is 3.38. The summed E-state index contributed by atoms with van der Waals surface area (Å²) < 4.78 is 5.75. The third-order valence-electron chi connectivity index (χ3n) is 2.91. The lowest BCUT2D eigenvalue weighted by Crippen LogP contribution is -2.12. The van der Waals surface area contributed by atoms with Gasteiger partial charge in [-0.3, -0.25) is 0 Å². The van der Waals surface area contributed by atoms with Crippen LogP contribution in [0.3, 0.4) is 0 Å². The Kier molecular flexibility index (Phi) is 12.0. The predicted octanol–water partition coefficient (Wildman–Crippen LogP) is 4.94. The van der Waals surface area contributed by atoms with Gasteiger partial charge in [-0.05, 0) is 19.8 Å². The smallest absolute Gasteiger partial charge is 0.0575 e. The molecule has 0 saturated heterocycles. The van der Waals surface area contributed by atoms with Crippen LogP contribution in [0.4, 0.5) is 0 Å². The van der Waals surface area contributed by atoms with Crippen LogP contribution in [0.5, 0.6) is 0 Å². The molecule has 0 amide bonds.